The van der Waals surface area contributed by atoms with E-state index in [-0.39, 0.29) is 9.92 Å². The monoisotopic (exact) mass is 305 g/mol. The van der Waals surface area contributed by atoms with E-state index < -0.39 is 0 Å². The first-order valence-corrected chi connectivity index (χ1v) is 6.37. The third-order valence-corrected chi connectivity index (χ3v) is 4.27. The molecule has 0 atom stereocenters. The van der Waals surface area contributed by atoms with E-state index in [0.29, 0.717) is 15.9 Å². The molecular weight excluding hydrogens is 302 g/mol. The average molecular weight is 307 g/mol. The fourth-order valence-corrected chi connectivity index (χ4v) is 3.48. The quantitative estimate of drug-likeness (QED) is 0.470. The van der Waals surface area contributed by atoms with Crippen molar-refractivity contribution in [2.45, 2.75) is 5.33 Å². The van der Waals surface area contributed by atoms with Crippen LogP contribution in [0.15, 0.2) is 18.2 Å². The smallest absolute Gasteiger partial charge is 0.258 e. The van der Waals surface area contributed by atoms with Crippen molar-refractivity contribution in [1.82, 2.24) is 0 Å². The number of rotatable bonds is 2. The number of hydrogen-bond acceptors (Lipinski definition) is 3. The van der Waals surface area contributed by atoms with Crippen molar-refractivity contribution in [3.63, 3.8) is 0 Å². The molecule has 0 amide bonds. The van der Waals surface area contributed by atoms with Gasteiger partial charge in [0.2, 0.25) is 0 Å². The second-order valence-corrected chi connectivity index (χ2v) is 4.86. The topological polar surface area (TPSA) is 43.1 Å². The Balaban J connectivity index is 2.84. The fraction of sp³-hybridized carbons (Fsp3) is 0.111. The minimum atomic E-state index is -0.364. The normalized spacial score (nSPS) is 10.8. The lowest BCUT2D eigenvalue weighted by Crippen LogP contribution is -1.87. The Hall–Kier alpha value is -0.650. The predicted molar refractivity (Wildman–Crippen MR) is 66.1 cm³/mol. The van der Waals surface area contributed by atoms with E-state index in [9.17, 15) is 10.1 Å². The molecule has 3 nitrogen and oxygen atoms in total. The zero-order valence-corrected chi connectivity index (χ0v) is 10.5. The molecule has 0 saturated carbocycles. The molecule has 1 heterocycles. The van der Waals surface area contributed by atoms with Crippen molar-refractivity contribution < 1.29 is 4.92 Å². The summed E-state index contributed by atoms with van der Waals surface area (Å²) in [6, 6.07) is 5.39. The number of benzene rings is 1. The van der Waals surface area contributed by atoms with Crippen LogP contribution in [0.2, 0.25) is 5.02 Å². The van der Waals surface area contributed by atoms with Crippen LogP contribution >= 0.6 is 38.9 Å². The van der Waals surface area contributed by atoms with Crippen LogP contribution in [0, 0.1) is 10.1 Å². The van der Waals surface area contributed by atoms with Gasteiger partial charge in [0.15, 0.2) is 0 Å². The van der Waals surface area contributed by atoms with Crippen LogP contribution in [0.4, 0.5) is 5.00 Å². The summed E-state index contributed by atoms with van der Waals surface area (Å²) in [6.45, 7) is 0. The highest BCUT2D eigenvalue weighted by Gasteiger charge is 2.21. The van der Waals surface area contributed by atoms with E-state index in [1.54, 1.807) is 12.1 Å². The maximum atomic E-state index is 10.8. The first kappa shape index (κ1) is 10.9. The number of alkyl halides is 1. The standard InChI is InChI=1S/C9H5BrClNO2S/c10-4-6-5-2-1-3-7(11)8(5)15-9(6)12(13)14/h1-3H,4H2. The maximum absolute atomic E-state index is 10.8. The lowest BCUT2D eigenvalue weighted by Gasteiger charge is -1.93. The number of nitrogens with zero attached hydrogens (tertiary/aromatic N) is 1. The highest BCUT2D eigenvalue weighted by molar-refractivity contribution is 9.08. The van der Waals surface area contributed by atoms with Crippen LogP contribution in [-0.2, 0) is 5.33 Å². The molecular formula is C9H5BrClNO2S. The summed E-state index contributed by atoms with van der Waals surface area (Å²) in [6.07, 6.45) is 0. The van der Waals surface area contributed by atoms with E-state index in [1.807, 2.05) is 6.07 Å². The van der Waals surface area contributed by atoms with E-state index in [2.05, 4.69) is 15.9 Å². The van der Waals surface area contributed by atoms with Crippen molar-refractivity contribution in [2.24, 2.45) is 0 Å². The number of nitro groups is 1. The van der Waals surface area contributed by atoms with Gasteiger partial charge in [-0.2, -0.15) is 0 Å². The summed E-state index contributed by atoms with van der Waals surface area (Å²) in [5, 5.41) is 12.9. The molecule has 0 N–H and O–H groups in total. The molecule has 2 rings (SSSR count). The maximum Gasteiger partial charge on any atom is 0.329 e. The van der Waals surface area contributed by atoms with Crippen molar-refractivity contribution in [2.75, 3.05) is 0 Å². The van der Waals surface area contributed by atoms with E-state index in [0.717, 1.165) is 21.4 Å². The van der Waals surface area contributed by atoms with Gasteiger partial charge in [-0.15, -0.1) is 0 Å². The van der Waals surface area contributed by atoms with Gasteiger partial charge in [0.05, 0.1) is 20.2 Å². The summed E-state index contributed by atoms with van der Waals surface area (Å²) in [5.74, 6) is 0. The van der Waals surface area contributed by atoms with Gasteiger partial charge >= 0.3 is 5.00 Å². The molecule has 78 valence electrons. The van der Waals surface area contributed by atoms with Gasteiger partial charge in [-0.05, 0) is 6.07 Å². The summed E-state index contributed by atoms with van der Waals surface area (Å²) in [7, 11) is 0. The Kier molecular flexibility index (Phi) is 2.95. The molecule has 0 aliphatic heterocycles. The highest BCUT2D eigenvalue weighted by Crippen LogP contribution is 2.41. The van der Waals surface area contributed by atoms with Crippen LogP contribution in [0.3, 0.4) is 0 Å². The van der Waals surface area contributed by atoms with Crippen LogP contribution in [-0.4, -0.2) is 4.92 Å². The second-order valence-electron chi connectivity index (χ2n) is 2.89. The van der Waals surface area contributed by atoms with Crippen LogP contribution in [0.1, 0.15) is 5.56 Å². The van der Waals surface area contributed by atoms with Gasteiger partial charge in [-0.1, -0.05) is 51.0 Å². The molecule has 0 aliphatic rings. The summed E-state index contributed by atoms with van der Waals surface area (Å²) in [4.78, 5) is 10.5. The average Bonchev–Trinajstić information content (AvgIpc) is 2.57. The molecule has 6 heteroatoms. The van der Waals surface area contributed by atoms with Gasteiger partial charge in [0.1, 0.15) is 0 Å². The van der Waals surface area contributed by atoms with Crippen molar-refractivity contribution in [1.29, 1.82) is 0 Å². The summed E-state index contributed by atoms with van der Waals surface area (Å²) in [5.41, 5.74) is 0.697. The lowest BCUT2D eigenvalue weighted by atomic mass is 10.2. The molecule has 1 aromatic heterocycles. The van der Waals surface area contributed by atoms with Crippen LogP contribution < -0.4 is 0 Å². The predicted octanol–water partition coefficient (Wildman–Crippen LogP) is 4.36. The molecule has 1 aromatic carbocycles. The van der Waals surface area contributed by atoms with Gasteiger partial charge in [-0.25, -0.2) is 0 Å². The first-order valence-electron chi connectivity index (χ1n) is 4.05. The van der Waals surface area contributed by atoms with Crippen LogP contribution in [0.25, 0.3) is 10.1 Å². The fourth-order valence-electron chi connectivity index (χ4n) is 1.40. The zero-order chi connectivity index (χ0) is 11.0. The third kappa shape index (κ3) is 1.75. The summed E-state index contributed by atoms with van der Waals surface area (Å²) >= 11 is 10.4. The molecule has 15 heavy (non-hydrogen) atoms. The van der Waals surface area contributed by atoms with Gasteiger partial charge in [0, 0.05) is 10.7 Å². The third-order valence-electron chi connectivity index (χ3n) is 2.05. The van der Waals surface area contributed by atoms with Crippen molar-refractivity contribution in [3.8, 4) is 0 Å². The Labute approximate surface area is 103 Å². The Morgan fingerprint density at radius 1 is 1.53 bits per heavy atom. The SMILES string of the molecule is O=[N+]([O-])c1sc2c(Cl)cccc2c1CBr. The van der Waals surface area contributed by atoms with Crippen molar-refractivity contribution in [3.05, 3.63) is 38.9 Å². The highest BCUT2D eigenvalue weighted by atomic mass is 79.9. The van der Waals surface area contributed by atoms with Gasteiger partial charge < -0.3 is 0 Å². The Morgan fingerprint density at radius 3 is 2.87 bits per heavy atom. The molecule has 0 spiro atoms. The molecule has 0 saturated heterocycles. The molecule has 0 radical (unpaired) electrons. The largest absolute Gasteiger partial charge is 0.329 e. The van der Waals surface area contributed by atoms with Gasteiger partial charge in [-0.3, -0.25) is 10.1 Å². The lowest BCUT2D eigenvalue weighted by molar-refractivity contribution is -0.380. The van der Waals surface area contributed by atoms with Crippen molar-refractivity contribution >= 4 is 54.0 Å². The second kappa shape index (κ2) is 4.08. The van der Waals surface area contributed by atoms with E-state index in [1.165, 1.54) is 0 Å². The number of halogens is 2. The number of thiophene rings is 1. The molecule has 0 unspecified atom stereocenters. The number of fused-ring (bicyclic) bond motifs is 1. The van der Waals surface area contributed by atoms with Gasteiger partial charge in [0.25, 0.3) is 0 Å². The summed E-state index contributed by atoms with van der Waals surface area (Å²) < 4.78 is 0.778. The first-order chi connectivity index (χ1) is 7.15. The van der Waals surface area contributed by atoms with E-state index in [4.69, 9.17) is 11.6 Å². The zero-order valence-electron chi connectivity index (χ0n) is 7.37. The molecule has 0 bridgehead atoms. The minimum Gasteiger partial charge on any atom is -0.258 e. The molecule has 0 aliphatic carbocycles. The molecule has 0 fully saturated rings. The Bertz CT molecular complexity index is 540. The van der Waals surface area contributed by atoms with E-state index >= 15 is 0 Å². The van der Waals surface area contributed by atoms with Crippen LogP contribution in [0.5, 0.6) is 0 Å². The Morgan fingerprint density at radius 2 is 2.27 bits per heavy atom. The number of hydrogen-bond donors (Lipinski definition) is 0. The minimum absolute atomic E-state index is 0.162. The molecule has 2 aromatic rings.